The number of ether oxygens (including phenoxy) is 1. The van der Waals surface area contributed by atoms with E-state index in [1.165, 1.54) is 11.1 Å². The standard InChI is InChI=1S/C13H17NO2.ClH/c1-2-16-13(15)10-6-7-11-9(8-10)4-3-5-12(11)14;/h6-8,12H,2-5,14H2,1H3;1H/t12-;/m1./s1. The molecule has 0 aliphatic heterocycles. The van der Waals surface area contributed by atoms with Crippen LogP contribution < -0.4 is 5.73 Å². The van der Waals surface area contributed by atoms with Crippen LogP contribution in [0.15, 0.2) is 18.2 Å². The maximum atomic E-state index is 11.6. The lowest BCUT2D eigenvalue weighted by atomic mass is 9.87. The number of carbonyl (C=O) groups is 1. The normalized spacial score (nSPS) is 17.9. The Kier molecular flexibility index (Phi) is 4.97. The smallest absolute Gasteiger partial charge is 0.338 e. The molecule has 17 heavy (non-hydrogen) atoms. The average Bonchev–Trinajstić information content (AvgIpc) is 2.29. The van der Waals surface area contributed by atoms with Crippen molar-refractivity contribution in [1.29, 1.82) is 0 Å². The molecule has 2 rings (SSSR count). The van der Waals surface area contributed by atoms with Crippen LogP contribution in [0.4, 0.5) is 0 Å². The first-order valence-corrected chi connectivity index (χ1v) is 5.78. The Bertz CT molecular complexity index is 406. The SMILES string of the molecule is CCOC(=O)c1ccc2c(c1)CCC[C@H]2N.Cl. The zero-order valence-electron chi connectivity index (χ0n) is 9.94. The molecule has 0 amide bonds. The minimum Gasteiger partial charge on any atom is -0.462 e. The highest BCUT2D eigenvalue weighted by atomic mass is 35.5. The van der Waals surface area contributed by atoms with Crippen molar-refractivity contribution in [2.24, 2.45) is 5.73 Å². The van der Waals surface area contributed by atoms with Gasteiger partial charge >= 0.3 is 5.97 Å². The van der Waals surface area contributed by atoms with Gasteiger partial charge in [0.1, 0.15) is 0 Å². The monoisotopic (exact) mass is 255 g/mol. The molecule has 3 nitrogen and oxygen atoms in total. The Hall–Kier alpha value is -1.06. The molecule has 1 aromatic carbocycles. The summed E-state index contributed by atoms with van der Waals surface area (Å²) in [6, 6.07) is 5.82. The second-order valence-electron chi connectivity index (χ2n) is 4.13. The summed E-state index contributed by atoms with van der Waals surface area (Å²) in [7, 11) is 0. The second kappa shape index (κ2) is 6.03. The summed E-state index contributed by atoms with van der Waals surface area (Å²) in [5, 5.41) is 0. The fourth-order valence-corrected chi connectivity index (χ4v) is 2.19. The molecule has 1 aliphatic rings. The predicted octanol–water partition coefficient (Wildman–Crippen LogP) is 2.62. The molecule has 0 radical (unpaired) electrons. The average molecular weight is 256 g/mol. The van der Waals surface area contributed by atoms with Crippen LogP contribution in [0.2, 0.25) is 0 Å². The minimum atomic E-state index is -0.246. The molecule has 0 saturated carbocycles. The summed E-state index contributed by atoms with van der Waals surface area (Å²) < 4.78 is 4.98. The first-order chi connectivity index (χ1) is 7.72. The van der Waals surface area contributed by atoms with E-state index in [0.29, 0.717) is 12.2 Å². The van der Waals surface area contributed by atoms with Crippen molar-refractivity contribution in [3.05, 3.63) is 34.9 Å². The third-order valence-corrected chi connectivity index (χ3v) is 3.01. The van der Waals surface area contributed by atoms with Crippen LogP contribution >= 0.6 is 12.4 Å². The van der Waals surface area contributed by atoms with Crippen molar-refractivity contribution < 1.29 is 9.53 Å². The topological polar surface area (TPSA) is 52.3 Å². The molecule has 0 fully saturated rings. The highest BCUT2D eigenvalue weighted by Crippen LogP contribution is 2.28. The van der Waals surface area contributed by atoms with E-state index in [9.17, 15) is 4.79 Å². The molecule has 2 N–H and O–H groups in total. The largest absolute Gasteiger partial charge is 0.462 e. The highest BCUT2D eigenvalue weighted by Gasteiger charge is 2.18. The number of hydrogen-bond acceptors (Lipinski definition) is 3. The number of halogens is 1. The number of hydrogen-bond donors (Lipinski definition) is 1. The van der Waals surface area contributed by atoms with Crippen molar-refractivity contribution in [1.82, 2.24) is 0 Å². The summed E-state index contributed by atoms with van der Waals surface area (Å²) in [6.07, 6.45) is 3.14. The van der Waals surface area contributed by atoms with Crippen LogP contribution in [0.1, 0.15) is 47.3 Å². The maximum absolute atomic E-state index is 11.6. The molecule has 94 valence electrons. The number of aryl methyl sites for hydroxylation is 1. The first-order valence-electron chi connectivity index (χ1n) is 5.78. The van der Waals surface area contributed by atoms with Crippen molar-refractivity contribution in [2.45, 2.75) is 32.2 Å². The summed E-state index contributed by atoms with van der Waals surface area (Å²) in [5.41, 5.74) is 9.03. The van der Waals surface area contributed by atoms with Gasteiger partial charge in [0, 0.05) is 6.04 Å². The number of rotatable bonds is 2. The van der Waals surface area contributed by atoms with Gasteiger partial charge in [0.2, 0.25) is 0 Å². The Morgan fingerprint density at radius 2 is 2.29 bits per heavy atom. The van der Waals surface area contributed by atoms with Gasteiger partial charge in [-0.2, -0.15) is 0 Å². The maximum Gasteiger partial charge on any atom is 0.338 e. The third kappa shape index (κ3) is 2.99. The van der Waals surface area contributed by atoms with E-state index in [4.69, 9.17) is 10.5 Å². The van der Waals surface area contributed by atoms with Gasteiger partial charge < -0.3 is 10.5 Å². The van der Waals surface area contributed by atoms with Gasteiger partial charge in [-0.1, -0.05) is 6.07 Å². The van der Waals surface area contributed by atoms with Gasteiger partial charge in [0.15, 0.2) is 0 Å². The Labute approximate surface area is 108 Å². The molecule has 0 spiro atoms. The molecule has 1 aliphatic carbocycles. The van der Waals surface area contributed by atoms with Crippen LogP contribution in [-0.4, -0.2) is 12.6 Å². The molecule has 0 unspecified atom stereocenters. The molecular weight excluding hydrogens is 238 g/mol. The lowest BCUT2D eigenvalue weighted by Crippen LogP contribution is -2.18. The zero-order chi connectivity index (χ0) is 11.5. The Balaban J connectivity index is 0.00000144. The van der Waals surface area contributed by atoms with Gasteiger partial charge in [-0.05, 0) is 49.4 Å². The van der Waals surface area contributed by atoms with E-state index in [0.717, 1.165) is 19.3 Å². The molecule has 1 aromatic rings. The summed E-state index contributed by atoms with van der Waals surface area (Å²) in [6.45, 7) is 2.22. The lowest BCUT2D eigenvalue weighted by molar-refractivity contribution is 0.0526. The van der Waals surface area contributed by atoms with E-state index in [-0.39, 0.29) is 24.4 Å². The molecular formula is C13H18ClNO2. The van der Waals surface area contributed by atoms with E-state index in [2.05, 4.69) is 0 Å². The van der Waals surface area contributed by atoms with Gasteiger partial charge in [-0.3, -0.25) is 0 Å². The van der Waals surface area contributed by atoms with Gasteiger partial charge in [-0.15, -0.1) is 12.4 Å². The zero-order valence-corrected chi connectivity index (χ0v) is 10.8. The molecule has 1 atom stereocenters. The number of benzene rings is 1. The van der Waals surface area contributed by atoms with Crippen molar-refractivity contribution >= 4 is 18.4 Å². The molecule has 0 bridgehead atoms. The van der Waals surface area contributed by atoms with Crippen molar-refractivity contribution in [3.63, 3.8) is 0 Å². The minimum absolute atomic E-state index is 0. The fraction of sp³-hybridized carbons (Fsp3) is 0.462. The van der Waals surface area contributed by atoms with Crippen molar-refractivity contribution in [2.75, 3.05) is 6.61 Å². The first kappa shape index (κ1) is 14.0. The second-order valence-corrected chi connectivity index (χ2v) is 4.13. The summed E-state index contributed by atoms with van der Waals surface area (Å²) in [4.78, 5) is 11.6. The summed E-state index contributed by atoms with van der Waals surface area (Å²) in [5.74, 6) is -0.246. The number of nitrogens with two attached hydrogens (primary N) is 1. The number of fused-ring (bicyclic) bond motifs is 1. The van der Waals surface area contributed by atoms with Gasteiger partial charge in [0.25, 0.3) is 0 Å². The fourth-order valence-electron chi connectivity index (χ4n) is 2.19. The Morgan fingerprint density at radius 3 is 3.00 bits per heavy atom. The predicted molar refractivity (Wildman–Crippen MR) is 69.5 cm³/mol. The number of carbonyl (C=O) groups excluding carboxylic acids is 1. The molecule has 4 heteroatoms. The van der Waals surface area contributed by atoms with Crippen LogP contribution in [0.5, 0.6) is 0 Å². The van der Waals surface area contributed by atoms with Crippen LogP contribution in [-0.2, 0) is 11.2 Å². The van der Waals surface area contributed by atoms with E-state index >= 15 is 0 Å². The van der Waals surface area contributed by atoms with E-state index in [1.54, 1.807) is 0 Å². The third-order valence-electron chi connectivity index (χ3n) is 3.01. The molecule has 0 aromatic heterocycles. The van der Waals surface area contributed by atoms with Gasteiger partial charge in [0.05, 0.1) is 12.2 Å². The van der Waals surface area contributed by atoms with Crippen LogP contribution in [0.3, 0.4) is 0 Å². The molecule has 0 saturated heterocycles. The van der Waals surface area contributed by atoms with Crippen LogP contribution in [0, 0.1) is 0 Å². The van der Waals surface area contributed by atoms with Crippen molar-refractivity contribution in [3.8, 4) is 0 Å². The number of esters is 1. The molecule has 0 heterocycles. The Morgan fingerprint density at radius 1 is 1.53 bits per heavy atom. The van der Waals surface area contributed by atoms with Crippen LogP contribution in [0.25, 0.3) is 0 Å². The van der Waals surface area contributed by atoms with E-state index < -0.39 is 0 Å². The summed E-state index contributed by atoms with van der Waals surface area (Å²) >= 11 is 0. The highest BCUT2D eigenvalue weighted by molar-refractivity contribution is 5.89. The van der Waals surface area contributed by atoms with E-state index in [1.807, 2.05) is 25.1 Å². The quantitative estimate of drug-likeness (QED) is 0.827. The van der Waals surface area contributed by atoms with Gasteiger partial charge in [-0.25, -0.2) is 4.79 Å². The lowest BCUT2D eigenvalue weighted by Gasteiger charge is -2.22.